The molecule has 8 heteroatoms. The Morgan fingerprint density at radius 3 is 2.39 bits per heavy atom. The first-order chi connectivity index (χ1) is 15.8. The van der Waals surface area contributed by atoms with Crippen molar-refractivity contribution in [3.8, 4) is 5.75 Å². The molecular formula is C25H22FIN2O4. The van der Waals surface area contributed by atoms with Crippen molar-refractivity contribution < 1.29 is 23.5 Å². The minimum absolute atomic E-state index is 0.0636. The molecule has 0 aliphatic rings. The van der Waals surface area contributed by atoms with E-state index < -0.39 is 11.7 Å². The van der Waals surface area contributed by atoms with Crippen LogP contribution in [-0.4, -0.2) is 37.8 Å². The summed E-state index contributed by atoms with van der Waals surface area (Å²) in [6.07, 6.45) is 0.181. The zero-order chi connectivity index (χ0) is 23.8. The molecule has 170 valence electrons. The SMILES string of the molecule is CN(C(=O)CNC(=O)c1cc(F)ccc1OCC(=O)Cc1ccc(I)cc1)c1ccccc1. The third-order valence-electron chi connectivity index (χ3n) is 4.81. The molecule has 1 N–H and O–H groups in total. The highest BCUT2D eigenvalue weighted by atomic mass is 127. The van der Waals surface area contributed by atoms with Crippen molar-refractivity contribution in [3.63, 3.8) is 0 Å². The van der Waals surface area contributed by atoms with Crippen molar-refractivity contribution >= 4 is 45.9 Å². The third-order valence-corrected chi connectivity index (χ3v) is 5.53. The zero-order valence-corrected chi connectivity index (χ0v) is 20.0. The van der Waals surface area contributed by atoms with E-state index in [0.717, 1.165) is 21.3 Å². The van der Waals surface area contributed by atoms with E-state index in [1.807, 2.05) is 30.3 Å². The van der Waals surface area contributed by atoms with E-state index in [2.05, 4.69) is 27.9 Å². The fourth-order valence-corrected chi connectivity index (χ4v) is 3.37. The summed E-state index contributed by atoms with van der Waals surface area (Å²) in [7, 11) is 1.60. The summed E-state index contributed by atoms with van der Waals surface area (Å²) < 4.78 is 20.4. The quantitative estimate of drug-likeness (QED) is 0.402. The van der Waals surface area contributed by atoms with Crippen LogP contribution in [0, 0.1) is 9.39 Å². The minimum Gasteiger partial charge on any atom is -0.485 e. The monoisotopic (exact) mass is 560 g/mol. The summed E-state index contributed by atoms with van der Waals surface area (Å²) >= 11 is 2.18. The Morgan fingerprint density at radius 2 is 1.70 bits per heavy atom. The lowest BCUT2D eigenvalue weighted by Crippen LogP contribution is -2.38. The number of anilines is 1. The van der Waals surface area contributed by atoms with Crippen molar-refractivity contribution in [2.75, 3.05) is 25.1 Å². The predicted octanol–water partition coefficient (Wildman–Crippen LogP) is 4.01. The smallest absolute Gasteiger partial charge is 0.255 e. The largest absolute Gasteiger partial charge is 0.485 e. The van der Waals surface area contributed by atoms with Gasteiger partial charge in [0.05, 0.1) is 12.1 Å². The molecule has 0 heterocycles. The van der Waals surface area contributed by atoms with Gasteiger partial charge in [-0.1, -0.05) is 30.3 Å². The molecule has 6 nitrogen and oxygen atoms in total. The number of carbonyl (C=O) groups is 3. The second-order valence-corrected chi connectivity index (χ2v) is 8.49. The number of likely N-dealkylation sites (N-methyl/N-ethyl adjacent to an activating group) is 1. The molecule has 0 saturated carbocycles. The number of nitrogens with zero attached hydrogens (tertiary/aromatic N) is 1. The summed E-state index contributed by atoms with van der Waals surface area (Å²) in [5.41, 5.74) is 1.44. The van der Waals surface area contributed by atoms with Crippen molar-refractivity contribution in [2.24, 2.45) is 0 Å². The van der Waals surface area contributed by atoms with Gasteiger partial charge in [0.15, 0.2) is 5.78 Å². The van der Waals surface area contributed by atoms with Gasteiger partial charge in [0.25, 0.3) is 5.91 Å². The molecule has 0 saturated heterocycles. The summed E-state index contributed by atoms with van der Waals surface area (Å²) in [5.74, 6) is -1.78. The molecule has 0 unspecified atom stereocenters. The number of benzene rings is 3. The number of para-hydroxylation sites is 1. The van der Waals surface area contributed by atoms with Gasteiger partial charge in [-0.15, -0.1) is 0 Å². The number of carbonyl (C=O) groups excluding carboxylic acids is 3. The topological polar surface area (TPSA) is 75.7 Å². The van der Waals surface area contributed by atoms with Gasteiger partial charge < -0.3 is 15.0 Å². The Kier molecular flexibility index (Phi) is 8.53. The number of ketones is 1. The van der Waals surface area contributed by atoms with Crippen molar-refractivity contribution in [1.82, 2.24) is 5.32 Å². The van der Waals surface area contributed by atoms with Crippen LogP contribution in [0.15, 0.2) is 72.8 Å². The van der Waals surface area contributed by atoms with Gasteiger partial charge in [-0.25, -0.2) is 4.39 Å². The molecule has 0 spiro atoms. The zero-order valence-electron chi connectivity index (χ0n) is 17.9. The van der Waals surface area contributed by atoms with Crippen molar-refractivity contribution in [3.05, 3.63) is 93.3 Å². The van der Waals surface area contributed by atoms with E-state index in [1.165, 1.54) is 11.0 Å². The Hall–Kier alpha value is -3.27. The lowest BCUT2D eigenvalue weighted by atomic mass is 10.1. The van der Waals surface area contributed by atoms with Gasteiger partial charge in [0, 0.05) is 22.7 Å². The van der Waals surface area contributed by atoms with Crippen LogP contribution in [0.2, 0.25) is 0 Å². The van der Waals surface area contributed by atoms with Gasteiger partial charge in [-0.2, -0.15) is 0 Å². The summed E-state index contributed by atoms with van der Waals surface area (Å²) in [5, 5.41) is 2.49. The van der Waals surface area contributed by atoms with Crippen LogP contribution in [-0.2, 0) is 16.0 Å². The van der Waals surface area contributed by atoms with E-state index in [0.29, 0.717) is 5.69 Å². The van der Waals surface area contributed by atoms with Crippen LogP contribution in [0.3, 0.4) is 0 Å². The molecule has 0 aliphatic carbocycles. The summed E-state index contributed by atoms with van der Waals surface area (Å²) in [6, 6.07) is 20.0. The molecule has 3 aromatic rings. The molecular weight excluding hydrogens is 538 g/mol. The normalized spacial score (nSPS) is 10.4. The van der Waals surface area contributed by atoms with Crippen LogP contribution >= 0.6 is 22.6 Å². The molecule has 0 bridgehead atoms. The molecule has 3 aromatic carbocycles. The number of hydrogen-bond donors (Lipinski definition) is 1. The van der Waals surface area contributed by atoms with E-state index in [9.17, 15) is 18.8 Å². The molecule has 2 amide bonds. The van der Waals surface area contributed by atoms with Crippen LogP contribution in [0.1, 0.15) is 15.9 Å². The average molecular weight is 560 g/mol. The highest BCUT2D eigenvalue weighted by Crippen LogP contribution is 2.20. The highest BCUT2D eigenvalue weighted by molar-refractivity contribution is 14.1. The van der Waals surface area contributed by atoms with E-state index in [4.69, 9.17) is 4.74 Å². The number of halogens is 2. The number of ether oxygens (including phenoxy) is 1. The molecule has 33 heavy (non-hydrogen) atoms. The maximum absolute atomic E-state index is 13.8. The first-order valence-electron chi connectivity index (χ1n) is 10.1. The number of amides is 2. The predicted molar refractivity (Wildman–Crippen MR) is 132 cm³/mol. The molecule has 0 aliphatic heterocycles. The van der Waals surface area contributed by atoms with Crippen LogP contribution < -0.4 is 15.0 Å². The fraction of sp³-hybridized carbons (Fsp3) is 0.160. The molecule has 0 radical (unpaired) electrons. The Labute approximate surface area is 204 Å². The fourth-order valence-electron chi connectivity index (χ4n) is 3.01. The molecule has 0 fully saturated rings. The lowest BCUT2D eigenvalue weighted by molar-refractivity contribution is -0.120. The van der Waals surface area contributed by atoms with Gasteiger partial charge in [0.2, 0.25) is 5.91 Å². The Bertz CT molecular complexity index is 1140. The van der Waals surface area contributed by atoms with E-state index in [-0.39, 0.29) is 42.6 Å². The van der Waals surface area contributed by atoms with E-state index >= 15 is 0 Å². The second-order valence-electron chi connectivity index (χ2n) is 7.24. The van der Waals surface area contributed by atoms with Gasteiger partial charge in [0.1, 0.15) is 18.2 Å². The van der Waals surface area contributed by atoms with Crippen LogP contribution in [0.5, 0.6) is 5.75 Å². The number of Topliss-reactive ketones (excluding diaryl/α,β-unsaturated/α-hetero) is 1. The van der Waals surface area contributed by atoms with Crippen LogP contribution in [0.4, 0.5) is 10.1 Å². The number of nitrogens with one attached hydrogen (secondary N) is 1. The minimum atomic E-state index is -0.676. The first-order valence-corrected chi connectivity index (χ1v) is 11.2. The van der Waals surface area contributed by atoms with Crippen molar-refractivity contribution in [1.29, 1.82) is 0 Å². The maximum Gasteiger partial charge on any atom is 0.255 e. The summed E-state index contributed by atoms with van der Waals surface area (Å²) in [4.78, 5) is 38.7. The Morgan fingerprint density at radius 1 is 1.00 bits per heavy atom. The summed E-state index contributed by atoms with van der Waals surface area (Å²) in [6.45, 7) is -0.556. The second kappa shape index (κ2) is 11.6. The standard InChI is InChI=1S/C25H22FIN2O4/c1-29(20-5-3-2-4-6-20)24(31)15-28-25(32)22-14-18(26)9-12-23(22)33-16-21(30)13-17-7-10-19(27)11-8-17/h2-12,14H,13,15-16H2,1H3,(H,28,32). The number of hydrogen-bond acceptors (Lipinski definition) is 4. The van der Waals surface area contributed by atoms with E-state index in [1.54, 1.807) is 31.3 Å². The number of rotatable bonds is 9. The average Bonchev–Trinajstić information content (AvgIpc) is 2.83. The molecule has 0 atom stereocenters. The van der Waals surface area contributed by atoms with Gasteiger partial charge in [-0.05, 0) is 70.6 Å². The first kappa shape index (κ1) is 24.4. The van der Waals surface area contributed by atoms with Gasteiger partial charge in [-0.3, -0.25) is 14.4 Å². The van der Waals surface area contributed by atoms with Crippen LogP contribution in [0.25, 0.3) is 0 Å². The molecule has 0 aromatic heterocycles. The Balaban J connectivity index is 1.60. The maximum atomic E-state index is 13.8. The lowest BCUT2D eigenvalue weighted by Gasteiger charge is -2.18. The van der Waals surface area contributed by atoms with Gasteiger partial charge >= 0.3 is 0 Å². The van der Waals surface area contributed by atoms with Crippen molar-refractivity contribution in [2.45, 2.75) is 6.42 Å². The molecule has 3 rings (SSSR count). The highest BCUT2D eigenvalue weighted by Gasteiger charge is 2.18. The third kappa shape index (κ3) is 7.11.